The summed E-state index contributed by atoms with van der Waals surface area (Å²) in [7, 11) is 0. The number of amides is 1. The second-order valence-electron chi connectivity index (χ2n) is 7.17. The van der Waals surface area contributed by atoms with Gasteiger partial charge in [-0.1, -0.05) is 5.92 Å². The lowest BCUT2D eigenvalue weighted by molar-refractivity contribution is 0.00794. The molecule has 1 heterocycles. The fourth-order valence-electron chi connectivity index (χ4n) is 2.81. The Hall–Kier alpha value is -0.860. The van der Waals surface area contributed by atoms with E-state index in [1.807, 2.05) is 25.7 Å². The number of thioether (sulfide) groups is 1. The highest BCUT2D eigenvalue weighted by Gasteiger charge is 2.31. The second-order valence-corrected chi connectivity index (χ2v) is 8.28. The van der Waals surface area contributed by atoms with Gasteiger partial charge < -0.3 is 15.0 Å². The fraction of sp³-hybridized carbons (Fsp3) is 0.833. The lowest BCUT2D eigenvalue weighted by Gasteiger charge is -2.38. The van der Waals surface area contributed by atoms with Gasteiger partial charge >= 0.3 is 6.09 Å². The Morgan fingerprint density at radius 1 is 1.48 bits per heavy atom. The third-order valence-electron chi connectivity index (χ3n) is 3.81. The van der Waals surface area contributed by atoms with E-state index in [0.29, 0.717) is 6.04 Å². The summed E-state index contributed by atoms with van der Waals surface area (Å²) in [6, 6.07) is 0.661. The van der Waals surface area contributed by atoms with Crippen molar-refractivity contribution in [1.29, 1.82) is 0 Å². The Bertz CT molecular complexity index is 401. The van der Waals surface area contributed by atoms with Crippen molar-refractivity contribution in [2.24, 2.45) is 0 Å². The number of rotatable bonds is 7. The van der Waals surface area contributed by atoms with Gasteiger partial charge in [-0.3, -0.25) is 0 Å². The summed E-state index contributed by atoms with van der Waals surface area (Å²) < 4.78 is 5.56. The number of hydrogen-bond acceptors (Lipinski definition) is 4. The highest BCUT2D eigenvalue weighted by atomic mass is 32.2. The molecule has 1 aliphatic heterocycles. The first-order chi connectivity index (χ1) is 10.8. The van der Waals surface area contributed by atoms with Crippen LogP contribution in [0.4, 0.5) is 4.79 Å². The largest absolute Gasteiger partial charge is 0.444 e. The molecule has 0 aliphatic carbocycles. The molecule has 1 aliphatic rings. The van der Waals surface area contributed by atoms with Crippen molar-refractivity contribution in [1.82, 2.24) is 10.2 Å². The molecule has 1 amide bonds. The Kier molecular flexibility index (Phi) is 8.86. The molecule has 0 saturated carbocycles. The third-order valence-corrected chi connectivity index (χ3v) is 4.67. The van der Waals surface area contributed by atoms with Crippen molar-refractivity contribution < 1.29 is 9.53 Å². The van der Waals surface area contributed by atoms with Gasteiger partial charge in [0, 0.05) is 30.9 Å². The van der Waals surface area contributed by atoms with Crippen LogP contribution in [0.3, 0.4) is 0 Å². The summed E-state index contributed by atoms with van der Waals surface area (Å²) in [5.74, 6) is 4.43. The van der Waals surface area contributed by atoms with E-state index in [1.54, 1.807) is 11.8 Å². The Labute approximate surface area is 146 Å². The van der Waals surface area contributed by atoms with Crippen LogP contribution < -0.4 is 5.32 Å². The maximum Gasteiger partial charge on any atom is 0.410 e. The van der Waals surface area contributed by atoms with Crippen LogP contribution in [-0.4, -0.2) is 53.3 Å². The Morgan fingerprint density at radius 3 is 2.87 bits per heavy atom. The smallest absolute Gasteiger partial charge is 0.410 e. The number of piperidine rings is 1. The Balaban J connectivity index is 2.42. The first-order valence-corrected chi connectivity index (χ1v) is 9.73. The van der Waals surface area contributed by atoms with Crippen molar-refractivity contribution in [3.63, 3.8) is 0 Å². The van der Waals surface area contributed by atoms with Gasteiger partial charge in [-0.25, -0.2) is 4.79 Å². The average Bonchev–Trinajstić information content (AvgIpc) is 2.45. The predicted octanol–water partition coefficient (Wildman–Crippen LogP) is 3.51. The number of likely N-dealkylation sites (tertiary alicyclic amines) is 1. The number of carbonyl (C=O) groups excluding carboxylic acids is 1. The molecular weight excluding hydrogens is 308 g/mol. The van der Waals surface area contributed by atoms with Crippen LogP contribution >= 0.6 is 11.8 Å². The van der Waals surface area contributed by atoms with Gasteiger partial charge in [0.25, 0.3) is 0 Å². The molecule has 132 valence electrons. The number of hydrogen-bond donors (Lipinski definition) is 1. The van der Waals surface area contributed by atoms with Crippen molar-refractivity contribution in [2.75, 3.05) is 24.6 Å². The van der Waals surface area contributed by atoms with E-state index in [2.05, 4.69) is 18.2 Å². The molecule has 1 rings (SSSR count). The van der Waals surface area contributed by atoms with Crippen molar-refractivity contribution in [3.05, 3.63) is 0 Å². The summed E-state index contributed by atoms with van der Waals surface area (Å²) in [4.78, 5) is 14.3. The zero-order chi connectivity index (χ0) is 17.3. The molecule has 2 atom stereocenters. The molecule has 0 spiro atoms. The standard InChI is InChI=1S/C18H32N2O2S/c1-6-12-23-13-10-19-15(2)14-16-9-7-8-11-20(16)17(21)22-18(3,4)5/h1,15-16,19H,7-14H2,2-5H3. The van der Waals surface area contributed by atoms with Crippen LogP contribution in [0.15, 0.2) is 0 Å². The second kappa shape index (κ2) is 10.1. The van der Waals surface area contributed by atoms with Gasteiger partial charge in [-0.05, 0) is 53.4 Å². The van der Waals surface area contributed by atoms with Crippen LogP contribution in [0.1, 0.15) is 53.4 Å². The minimum absolute atomic E-state index is 0.168. The molecule has 1 fully saturated rings. The molecule has 23 heavy (non-hydrogen) atoms. The minimum atomic E-state index is -0.433. The molecule has 0 aromatic carbocycles. The van der Waals surface area contributed by atoms with Gasteiger partial charge in [-0.15, -0.1) is 18.2 Å². The molecule has 1 N–H and O–H groups in total. The average molecular weight is 341 g/mol. The predicted molar refractivity (Wildman–Crippen MR) is 98.8 cm³/mol. The SMILES string of the molecule is C#CCSCCNC(C)CC1CCCCN1C(=O)OC(C)(C)C. The van der Waals surface area contributed by atoms with E-state index in [-0.39, 0.29) is 12.1 Å². The van der Waals surface area contributed by atoms with Crippen LogP contribution in [0.2, 0.25) is 0 Å². The molecule has 1 saturated heterocycles. The van der Waals surface area contributed by atoms with E-state index in [0.717, 1.165) is 43.9 Å². The lowest BCUT2D eigenvalue weighted by Crippen LogP contribution is -2.48. The molecule has 5 heteroatoms. The van der Waals surface area contributed by atoms with Crippen LogP contribution in [0.25, 0.3) is 0 Å². The molecule has 0 radical (unpaired) electrons. The lowest BCUT2D eigenvalue weighted by atomic mass is 9.97. The van der Waals surface area contributed by atoms with E-state index >= 15 is 0 Å². The highest BCUT2D eigenvalue weighted by Crippen LogP contribution is 2.23. The highest BCUT2D eigenvalue weighted by molar-refractivity contribution is 7.99. The van der Waals surface area contributed by atoms with Crippen LogP contribution in [0.5, 0.6) is 0 Å². The van der Waals surface area contributed by atoms with Gasteiger partial charge in [0.05, 0.1) is 5.75 Å². The van der Waals surface area contributed by atoms with E-state index in [9.17, 15) is 4.79 Å². The quantitative estimate of drug-likeness (QED) is 0.569. The summed E-state index contributed by atoms with van der Waals surface area (Å²) >= 11 is 1.77. The Morgan fingerprint density at radius 2 is 2.22 bits per heavy atom. The summed E-state index contributed by atoms with van der Waals surface area (Å²) in [5.41, 5.74) is -0.433. The number of carbonyl (C=O) groups is 1. The first kappa shape index (κ1) is 20.2. The maximum atomic E-state index is 12.4. The molecule has 4 nitrogen and oxygen atoms in total. The van der Waals surface area contributed by atoms with Crippen molar-refractivity contribution >= 4 is 17.9 Å². The number of nitrogens with one attached hydrogen (secondary N) is 1. The normalized spacial score (nSPS) is 20.0. The molecular formula is C18H32N2O2S. The third kappa shape index (κ3) is 8.53. The van der Waals surface area contributed by atoms with Crippen LogP contribution in [-0.2, 0) is 4.74 Å². The summed E-state index contributed by atoms with van der Waals surface area (Å²) in [6.45, 7) is 9.70. The van der Waals surface area contributed by atoms with Crippen molar-refractivity contribution in [3.8, 4) is 12.3 Å². The van der Waals surface area contributed by atoms with Gasteiger partial charge in [0.1, 0.15) is 5.60 Å². The van der Waals surface area contributed by atoms with Crippen LogP contribution in [0, 0.1) is 12.3 Å². The summed E-state index contributed by atoms with van der Waals surface area (Å²) in [5, 5.41) is 3.53. The molecule has 0 aromatic heterocycles. The van der Waals surface area contributed by atoms with Gasteiger partial charge in [0.15, 0.2) is 0 Å². The topological polar surface area (TPSA) is 41.6 Å². The van der Waals surface area contributed by atoms with E-state index in [1.165, 1.54) is 6.42 Å². The summed E-state index contributed by atoms with van der Waals surface area (Å²) in [6.07, 6.45) is 9.37. The van der Waals surface area contributed by atoms with E-state index < -0.39 is 5.60 Å². The zero-order valence-corrected chi connectivity index (χ0v) is 15.9. The monoisotopic (exact) mass is 340 g/mol. The zero-order valence-electron chi connectivity index (χ0n) is 15.1. The number of terminal acetylenes is 1. The fourth-order valence-corrected chi connectivity index (χ4v) is 3.33. The number of nitrogens with zero attached hydrogens (tertiary/aromatic N) is 1. The maximum absolute atomic E-state index is 12.4. The van der Waals surface area contributed by atoms with Crippen molar-refractivity contribution in [2.45, 2.75) is 71.1 Å². The minimum Gasteiger partial charge on any atom is -0.444 e. The number of ether oxygens (including phenoxy) is 1. The molecule has 0 bridgehead atoms. The molecule has 2 unspecified atom stereocenters. The van der Waals surface area contributed by atoms with Gasteiger partial charge in [-0.2, -0.15) is 0 Å². The van der Waals surface area contributed by atoms with Gasteiger partial charge in [0.2, 0.25) is 0 Å². The first-order valence-electron chi connectivity index (χ1n) is 8.57. The van der Waals surface area contributed by atoms with E-state index in [4.69, 9.17) is 11.2 Å². The molecule has 0 aromatic rings.